The number of hydrogen-bond acceptors (Lipinski definition) is 17. The Kier molecular flexibility index (Phi) is 14.3. The standard InChI is InChI=1S/C21H37N8O17P3S/c1-21(2,16(32)19(33)25-4-3-12(30)24-5-6-50(23)41)8-43-49(39,40)46-48(37,38)42-7-11-15(45-47(34,35)36)14(31)20(44-11)29-10-28-13-17(22)26-9-27-18(13)29/h9-11,14-16,20,31-32H,3-8,23H2,1-2H3,(H,24,30)(H,25,33)(H,37,38)(H,39,40)(H2,22,26,27)(H2,34,35,36)/t11-,14-,15-,16+,20-,50?/m1/s1. The lowest BCUT2D eigenvalue weighted by Gasteiger charge is -2.30. The normalized spacial score (nSPS) is 23.5. The molecule has 2 aromatic rings. The summed E-state index contributed by atoms with van der Waals surface area (Å²) in [6.45, 7) is 0.257. The highest BCUT2D eigenvalue weighted by Crippen LogP contribution is 2.61. The van der Waals surface area contributed by atoms with Gasteiger partial charge in [-0.05, 0) is 0 Å². The molecule has 3 unspecified atom stereocenters. The lowest BCUT2D eigenvalue weighted by atomic mass is 9.87. The van der Waals surface area contributed by atoms with E-state index >= 15 is 0 Å². The van der Waals surface area contributed by atoms with E-state index in [4.69, 9.17) is 24.7 Å². The number of hydrogen-bond donors (Lipinski definition) is 10. The number of aromatic nitrogens is 4. The van der Waals surface area contributed by atoms with Gasteiger partial charge in [-0.2, -0.15) is 4.31 Å². The van der Waals surface area contributed by atoms with Gasteiger partial charge < -0.3 is 50.9 Å². The summed E-state index contributed by atoms with van der Waals surface area (Å²) in [5, 5.41) is 31.0. The van der Waals surface area contributed by atoms with Crippen LogP contribution in [0.1, 0.15) is 26.5 Å². The number of aliphatic hydroxyl groups is 2. The zero-order chi connectivity index (χ0) is 37.7. The first-order valence-corrected chi connectivity index (χ1v) is 19.9. The molecule has 1 fully saturated rings. The lowest BCUT2D eigenvalue weighted by Crippen LogP contribution is -2.46. The topological polar surface area (TPSA) is 390 Å². The van der Waals surface area contributed by atoms with Gasteiger partial charge in [-0.15, -0.1) is 0 Å². The van der Waals surface area contributed by atoms with Crippen molar-refractivity contribution < 1.29 is 79.9 Å². The Labute approximate surface area is 285 Å². The molecule has 1 saturated heterocycles. The van der Waals surface area contributed by atoms with Crippen LogP contribution in [-0.2, 0) is 56.9 Å². The minimum atomic E-state index is -5.56. The third-order valence-corrected chi connectivity index (χ3v) is 10.4. The van der Waals surface area contributed by atoms with E-state index in [-0.39, 0.29) is 42.2 Å². The Hall–Kier alpha value is -2.35. The number of nitrogens with one attached hydrogen (secondary N) is 2. The van der Waals surface area contributed by atoms with Gasteiger partial charge in [0.05, 0.1) is 36.3 Å². The highest BCUT2D eigenvalue weighted by Gasteiger charge is 2.50. The summed E-state index contributed by atoms with van der Waals surface area (Å²) in [7, 11) is -18.0. The molecule has 8 atom stereocenters. The number of aliphatic hydroxyl groups excluding tert-OH is 2. The molecular formula is C21H37N8O17P3S. The highest BCUT2D eigenvalue weighted by molar-refractivity contribution is 7.82. The number of carbonyl (C=O) groups excluding carboxylic acids is 2. The number of imidazole rings is 1. The van der Waals surface area contributed by atoms with Crippen LogP contribution < -0.4 is 21.5 Å². The van der Waals surface area contributed by atoms with Crippen molar-refractivity contribution in [2.75, 3.05) is 37.8 Å². The fourth-order valence-corrected chi connectivity index (χ4v) is 7.36. The highest BCUT2D eigenvalue weighted by atomic mass is 32.2. The maximum absolute atomic E-state index is 12.6. The first kappa shape index (κ1) is 42.1. The van der Waals surface area contributed by atoms with E-state index in [1.165, 1.54) is 13.8 Å². The van der Waals surface area contributed by atoms with Crippen LogP contribution in [0, 0.1) is 5.41 Å². The van der Waals surface area contributed by atoms with E-state index in [1.54, 1.807) is 0 Å². The molecule has 50 heavy (non-hydrogen) atoms. The molecule has 0 spiro atoms. The zero-order valence-corrected chi connectivity index (χ0v) is 29.7. The number of rotatable bonds is 19. The molecule has 3 heterocycles. The molecule has 25 nitrogen and oxygen atoms in total. The number of phosphoric ester groups is 3. The fraction of sp³-hybridized carbons (Fsp3) is 0.667. The molecule has 0 bridgehead atoms. The van der Waals surface area contributed by atoms with Crippen LogP contribution in [0.15, 0.2) is 12.7 Å². The Bertz CT molecular complexity index is 1690. The quantitative estimate of drug-likeness (QED) is 0.0634. The first-order chi connectivity index (χ1) is 23.0. The van der Waals surface area contributed by atoms with Crippen molar-refractivity contribution in [3.63, 3.8) is 0 Å². The van der Waals surface area contributed by atoms with E-state index in [1.807, 2.05) is 0 Å². The summed E-state index contributed by atoms with van der Waals surface area (Å²) in [4.78, 5) is 74.8. The summed E-state index contributed by atoms with van der Waals surface area (Å²) in [6.07, 6.45) is -6.97. The van der Waals surface area contributed by atoms with Crippen LogP contribution in [-0.4, -0.2) is 122 Å². The van der Waals surface area contributed by atoms with Crippen LogP contribution in [0.25, 0.3) is 11.2 Å². The molecule has 0 saturated carbocycles. The average molecular weight is 799 g/mol. The molecule has 0 aliphatic carbocycles. The molecule has 1 aliphatic heterocycles. The molecule has 3 rings (SSSR count). The van der Waals surface area contributed by atoms with Crippen molar-refractivity contribution >= 4 is 63.2 Å². The lowest BCUT2D eigenvalue weighted by molar-refractivity contribution is -0.137. The third kappa shape index (κ3) is 12.1. The van der Waals surface area contributed by atoms with Crippen LogP contribution in [0.4, 0.5) is 5.82 Å². The Morgan fingerprint density at radius 2 is 1.76 bits per heavy atom. The molecular weight excluding hydrogens is 761 g/mol. The maximum Gasteiger partial charge on any atom is 0.481 e. The second-order valence-corrected chi connectivity index (χ2v) is 16.6. The molecule has 284 valence electrons. The summed E-state index contributed by atoms with van der Waals surface area (Å²) < 4.78 is 72.5. The van der Waals surface area contributed by atoms with Crippen molar-refractivity contribution in [1.29, 1.82) is 0 Å². The van der Waals surface area contributed by atoms with Gasteiger partial charge in [0.1, 0.15) is 36.3 Å². The summed E-state index contributed by atoms with van der Waals surface area (Å²) in [5.41, 5.74) is 4.24. The minimum Gasteiger partial charge on any atom is -0.386 e. The van der Waals surface area contributed by atoms with Gasteiger partial charge in [0.15, 0.2) is 17.7 Å². The van der Waals surface area contributed by atoms with Crippen molar-refractivity contribution in [3.05, 3.63) is 12.7 Å². The first-order valence-electron chi connectivity index (χ1n) is 14.0. The second kappa shape index (κ2) is 17.0. The molecule has 0 aromatic carbocycles. The Morgan fingerprint density at radius 1 is 1.10 bits per heavy atom. The van der Waals surface area contributed by atoms with Gasteiger partial charge in [0.2, 0.25) is 11.8 Å². The van der Waals surface area contributed by atoms with Crippen LogP contribution in [0.5, 0.6) is 0 Å². The van der Waals surface area contributed by atoms with Crippen molar-refractivity contribution in [2.45, 2.75) is 50.9 Å². The number of fused-ring (bicyclic) bond motifs is 1. The maximum atomic E-state index is 12.6. The molecule has 1 aliphatic rings. The molecule has 12 N–H and O–H groups in total. The number of phosphoric acid groups is 3. The molecule has 2 amide bonds. The number of ether oxygens (including phenoxy) is 1. The van der Waals surface area contributed by atoms with E-state index in [0.29, 0.717) is 0 Å². The average Bonchev–Trinajstić information content (AvgIpc) is 3.54. The second-order valence-electron chi connectivity index (χ2n) is 11.2. The van der Waals surface area contributed by atoms with Crippen molar-refractivity contribution in [2.24, 2.45) is 10.6 Å². The number of nitrogen functional groups attached to an aromatic ring is 1. The van der Waals surface area contributed by atoms with Crippen LogP contribution in [0.3, 0.4) is 0 Å². The third-order valence-electron chi connectivity index (χ3n) is 6.70. The smallest absolute Gasteiger partial charge is 0.386 e. The van der Waals surface area contributed by atoms with Gasteiger partial charge in [0.25, 0.3) is 0 Å². The molecule has 0 radical (unpaired) electrons. The predicted molar refractivity (Wildman–Crippen MR) is 167 cm³/mol. The van der Waals surface area contributed by atoms with Crippen molar-refractivity contribution in [1.82, 2.24) is 30.2 Å². The van der Waals surface area contributed by atoms with Crippen molar-refractivity contribution in [3.8, 4) is 0 Å². The fourth-order valence-electron chi connectivity index (χ4n) is 4.23. The zero-order valence-electron chi connectivity index (χ0n) is 26.2. The molecule has 2 aromatic heterocycles. The number of nitrogens with two attached hydrogens (primary N) is 2. The van der Waals surface area contributed by atoms with Gasteiger partial charge in [-0.25, -0.2) is 32.9 Å². The van der Waals surface area contributed by atoms with Gasteiger partial charge in [0, 0.05) is 24.9 Å². The number of nitrogens with zero attached hydrogens (tertiary/aromatic N) is 4. The predicted octanol–water partition coefficient (Wildman–Crippen LogP) is -2.97. The summed E-state index contributed by atoms with van der Waals surface area (Å²) >= 11 is 0. The van der Waals surface area contributed by atoms with E-state index < -0.39 is 95.5 Å². The van der Waals surface area contributed by atoms with E-state index in [0.717, 1.165) is 17.2 Å². The number of carbonyl (C=O) groups is 2. The Morgan fingerprint density at radius 3 is 2.40 bits per heavy atom. The van der Waals surface area contributed by atoms with Gasteiger partial charge >= 0.3 is 23.5 Å². The van der Waals surface area contributed by atoms with Crippen LogP contribution in [0.2, 0.25) is 0 Å². The largest absolute Gasteiger partial charge is 0.481 e. The van der Waals surface area contributed by atoms with Gasteiger partial charge in [-0.3, -0.25) is 32.9 Å². The SMILES string of the molecule is CC(C)(COP(=O)(O)OP(=O)(O)OC[C@H]1O[C@@H](n2cnc3c(N)ncnc32)[C@H](O)[C@@H]1OP(=O)(O)O)[C@@H](O)C(=O)NCCC(=O)NCCS(N)=O. The summed E-state index contributed by atoms with van der Waals surface area (Å²) in [5.74, 6) is -1.53. The summed E-state index contributed by atoms with van der Waals surface area (Å²) in [6, 6.07) is 0. The number of amides is 2. The monoisotopic (exact) mass is 798 g/mol. The number of anilines is 1. The van der Waals surface area contributed by atoms with E-state index in [2.05, 4.69) is 34.4 Å². The minimum absolute atomic E-state index is 0.0212. The molecule has 29 heteroatoms. The van der Waals surface area contributed by atoms with E-state index in [9.17, 15) is 57.3 Å². The Balaban J connectivity index is 1.57. The van der Waals surface area contributed by atoms with Crippen LogP contribution >= 0.6 is 23.5 Å². The van der Waals surface area contributed by atoms with Gasteiger partial charge in [-0.1, -0.05) is 13.8 Å².